The Kier molecular flexibility index (Phi) is 18.1. The minimum absolute atomic E-state index is 0.806. The molecule has 4 heterocycles. The van der Waals surface area contributed by atoms with Crippen LogP contribution in [0.1, 0.15) is 0 Å². The van der Waals surface area contributed by atoms with Crippen molar-refractivity contribution in [2.75, 3.05) is 0 Å². The molecule has 0 aliphatic carbocycles. The molecule has 7 heteroatoms. The maximum atomic E-state index is 16.7. The van der Waals surface area contributed by atoms with Crippen molar-refractivity contribution in [1.82, 2.24) is 4.98 Å². The second-order valence-corrected chi connectivity index (χ2v) is 40.4. The third-order valence-electron chi connectivity index (χ3n) is 25.7. The van der Waals surface area contributed by atoms with Crippen molar-refractivity contribution in [3.05, 3.63) is 461 Å². The fourth-order valence-electron chi connectivity index (χ4n) is 20.0. The number of fused-ring (bicyclic) bond motifs is 28. The Balaban J connectivity index is 0.000000109. The van der Waals surface area contributed by atoms with Gasteiger partial charge in [-0.1, -0.05) is 419 Å². The molecule has 0 N–H and O–H groups in total. The van der Waals surface area contributed by atoms with E-state index in [-0.39, 0.29) is 0 Å². The van der Waals surface area contributed by atoms with Crippen molar-refractivity contribution in [2.45, 2.75) is 0 Å². The Bertz CT molecular complexity index is 8230. The first-order valence-electron chi connectivity index (χ1n) is 42.2. The summed E-state index contributed by atoms with van der Waals surface area (Å²) in [5.74, 6) is 0. The fourth-order valence-corrected chi connectivity index (χ4v) is 29.2. The van der Waals surface area contributed by atoms with Gasteiger partial charge < -0.3 is 13.7 Å². The largest absolute Gasteiger partial charge is 0.309 e. The van der Waals surface area contributed by atoms with Gasteiger partial charge in [-0.3, -0.25) is 4.98 Å². The molecule has 124 heavy (non-hydrogen) atoms. The lowest BCUT2D eigenvalue weighted by Gasteiger charge is -2.24. The smallest absolute Gasteiger partial charge is 0.173 e. The second-order valence-electron chi connectivity index (χ2n) is 32.3. The number of para-hydroxylation sites is 1. The van der Waals surface area contributed by atoms with Crippen LogP contribution in [0.3, 0.4) is 0 Å². The number of nitrogens with zero attached hydrogens (tertiary/aromatic N) is 1. The van der Waals surface area contributed by atoms with Crippen molar-refractivity contribution in [2.24, 2.45) is 0 Å². The van der Waals surface area contributed by atoms with Gasteiger partial charge >= 0.3 is 0 Å². The van der Waals surface area contributed by atoms with E-state index in [1.54, 1.807) is 0 Å². The number of hydrogen-bond donors (Lipinski definition) is 0. The number of benzene rings is 21. The third kappa shape index (κ3) is 11.9. The molecule has 582 valence electrons. The zero-order valence-corrected chi connectivity index (χ0v) is 70.1. The van der Waals surface area contributed by atoms with Crippen molar-refractivity contribution in [3.63, 3.8) is 0 Å². The predicted octanol–water partition coefficient (Wildman–Crippen LogP) is 27.4. The molecule has 25 rings (SSSR count). The minimum Gasteiger partial charge on any atom is -0.309 e. The van der Waals surface area contributed by atoms with Crippen LogP contribution in [0.4, 0.5) is 0 Å². The van der Waals surface area contributed by atoms with Gasteiger partial charge in [-0.15, -0.1) is 0 Å². The lowest BCUT2D eigenvalue weighted by Crippen LogP contribution is -2.26. The van der Waals surface area contributed by atoms with Crippen molar-refractivity contribution in [3.8, 4) is 100 Å². The average Bonchev–Trinajstić information content (AvgIpc) is 1.54. The molecular weight excluding hydrogens is 1560 g/mol. The molecule has 0 saturated carbocycles. The summed E-state index contributed by atoms with van der Waals surface area (Å²) in [5, 5.41) is 22.8. The Hall–Kier alpha value is -14.7. The van der Waals surface area contributed by atoms with E-state index < -0.39 is 21.4 Å². The van der Waals surface area contributed by atoms with Crippen LogP contribution < -0.4 is 47.7 Å². The van der Waals surface area contributed by atoms with E-state index in [2.05, 4.69) is 364 Å². The molecule has 3 unspecified atom stereocenters. The summed E-state index contributed by atoms with van der Waals surface area (Å²) in [6, 6.07) is 158. The number of rotatable bonds is 6. The highest BCUT2D eigenvalue weighted by molar-refractivity contribution is 7.87. The van der Waals surface area contributed by atoms with Crippen LogP contribution >= 0.6 is 21.4 Å². The number of hydrogen-bond acceptors (Lipinski definition) is 4. The molecule has 0 fully saturated rings. The summed E-state index contributed by atoms with van der Waals surface area (Å²) >= 11 is 0. The van der Waals surface area contributed by atoms with E-state index in [4.69, 9.17) is 4.98 Å². The Labute approximate surface area is 719 Å². The van der Waals surface area contributed by atoms with Gasteiger partial charge in [0.15, 0.2) is 21.4 Å². The molecule has 3 atom stereocenters. The summed E-state index contributed by atoms with van der Waals surface area (Å²) < 4.78 is 48.4. The van der Waals surface area contributed by atoms with Crippen molar-refractivity contribution < 1.29 is 13.7 Å². The molecule has 0 bridgehead atoms. The highest BCUT2D eigenvalue weighted by Gasteiger charge is 2.43. The molecule has 0 spiro atoms. The molecule has 3 aliphatic heterocycles. The number of pyridine rings is 1. The van der Waals surface area contributed by atoms with E-state index >= 15 is 13.7 Å². The summed E-state index contributed by atoms with van der Waals surface area (Å²) in [4.78, 5) is 4.81. The Morgan fingerprint density at radius 3 is 0.911 bits per heavy atom. The Morgan fingerprint density at radius 2 is 0.468 bits per heavy atom. The standard InChI is InChI=1S/C44H29OP.C42H27OP.C31H20NOP/c45-46(36-28-34(30-13-3-1-4-14-30)27-35(29-36)31-15-5-2-6-16-31)41-22-12-11-21-39(41)40-25-23-32-17-7-9-19-37(32)43(40)44-38-20-10-8-18-33(38)24-26-42(44)46;43-44(32-24-20-31(21-25-32)34-18-9-13-28-10-1-4-14-33(28)34)39-19-8-7-17-37(39)38-26-22-29-11-2-5-15-35(29)41(38)42-36-16-6-3-12-30(36)23-27-40(42)44;33-34(22-11-2-1-3-12-22)28-17-9-7-14-24(28)25-19-18-21-10-4-5-13-23(21)30(25)31-26-15-6-8-16-27(26)32-20-29(31)34/h1-29H;1-27H;1-20H. The first-order chi connectivity index (χ1) is 61.2. The van der Waals surface area contributed by atoms with Crippen molar-refractivity contribution >= 4 is 145 Å². The molecule has 22 aromatic rings. The summed E-state index contributed by atoms with van der Waals surface area (Å²) in [6.07, 6.45) is 1.86. The van der Waals surface area contributed by atoms with Gasteiger partial charge in [0.25, 0.3) is 0 Å². The van der Waals surface area contributed by atoms with Gasteiger partial charge in [-0.05, 0) is 184 Å². The van der Waals surface area contributed by atoms with Gasteiger partial charge in [0, 0.05) is 76.0 Å². The zero-order chi connectivity index (χ0) is 82.6. The highest BCUT2D eigenvalue weighted by Crippen LogP contribution is 2.59. The zero-order valence-electron chi connectivity index (χ0n) is 67.4. The lowest BCUT2D eigenvalue weighted by atomic mass is 9.87. The third-order valence-corrected chi connectivity index (χ3v) is 35.0. The van der Waals surface area contributed by atoms with Gasteiger partial charge in [-0.2, -0.15) is 0 Å². The Morgan fingerprint density at radius 1 is 0.161 bits per heavy atom. The van der Waals surface area contributed by atoms with Crippen LogP contribution in [0.25, 0.3) is 176 Å². The van der Waals surface area contributed by atoms with E-state index in [1.807, 2.05) is 97.2 Å². The number of aromatic nitrogens is 1. The molecule has 3 aliphatic rings. The van der Waals surface area contributed by atoms with Crippen LogP contribution in [0.5, 0.6) is 0 Å². The van der Waals surface area contributed by atoms with Crippen LogP contribution in [0.2, 0.25) is 0 Å². The first kappa shape index (κ1) is 74.3. The molecule has 1 aromatic heterocycles. The van der Waals surface area contributed by atoms with E-state index in [0.717, 1.165) is 180 Å². The van der Waals surface area contributed by atoms with Gasteiger partial charge in [-0.25, -0.2) is 0 Å². The maximum Gasteiger partial charge on any atom is 0.173 e. The lowest BCUT2D eigenvalue weighted by molar-refractivity contribution is 0.591. The van der Waals surface area contributed by atoms with Crippen LogP contribution in [0, 0.1) is 0 Å². The minimum atomic E-state index is -3.45. The highest BCUT2D eigenvalue weighted by atomic mass is 31.2. The quantitative estimate of drug-likeness (QED) is 0.156. The molecule has 0 saturated heterocycles. The first-order valence-corrected chi connectivity index (χ1v) is 47.3. The monoisotopic (exact) mass is 1640 g/mol. The topological polar surface area (TPSA) is 64.1 Å². The van der Waals surface area contributed by atoms with Gasteiger partial charge in [0.05, 0.1) is 5.52 Å². The van der Waals surface area contributed by atoms with Gasteiger partial charge in [0.1, 0.15) is 0 Å². The van der Waals surface area contributed by atoms with E-state index in [0.29, 0.717) is 0 Å². The van der Waals surface area contributed by atoms with Gasteiger partial charge in [0.2, 0.25) is 0 Å². The van der Waals surface area contributed by atoms with Crippen LogP contribution in [0.15, 0.2) is 461 Å². The van der Waals surface area contributed by atoms with E-state index in [1.165, 1.54) is 43.3 Å². The fraction of sp³-hybridized carbons (Fsp3) is 0. The van der Waals surface area contributed by atoms with Crippen LogP contribution in [-0.2, 0) is 13.7 Å². The molecule has 0 radical (unpaired) electrons. The second kappa shape index (κ2) is 30.2. The molecule has 4 nitrogen and oxygen atoms in total. The predicted molar refractivity (Wildman–Crippen MR) is 527 cm³/mol. The summed E-state index contributed by atoms with van der Waals surface area (Å²) in [7, 11) is -9.98. The normalized spacial score (nSPS) is 15.6. The molecule has 21 aromatic carbocycles. The molecular formula is C117H76NO3P3. The average molecular weight is 1640 g/mol. The van der Waals surface area contributed by atoms with Crippen molar-refractivity contribution in [1.29, 1.82) is 0 Å². The SMILES string of the molecule is O=P1(c2cc(-c3ccccc3)cc(-c3ccccc3)c2)c2ccccc2-c2ccc3ccccc3c2-c2c1ccc1ccccc21.O=P1(c2ccc(-c3cccc4ccccc34)cc2)c2ccccc2-c2ccc3ccccc3c2-c2c1ccc1ccccc21.O=P1(c2ccccc2)c2ccccc2-c2ccc3ccccc3c2-c2c1cnc1ccccc21. The van der Waals surface area contributed by atoms with Crippen LogP contribution in [-0.4, -0.2) is 4.98 Å². The molecule has 0 amide bonds. The maximum absolute atomic E-state index is 16.7. The summed E-state index contributed by atoms with van der Waals surface area (Å²) in [5.41, 5.74) is 20.6. The van der Waals surface area contributed by atoms with E-state index in [9.17, 15) is 0 Å². The summed E-state index contributed by atoms with van der Waals surface area (Å²) in [6.45, 7) is 0.